The third-order valence-electron chi connectivity index (χ3n) is 10.3. The molecule has 50 heavy (non-hydrogen) atoms. The van der Waals surface area contributed by atoms with E-state index in [4.69, 9.17) is 0 Å². The Balaban J connectivity index is 1.44. The first kappa shape index (κ1) is 30.1. The summed E-state index contributed by atoms with van der Waals surface area (Å²) in [7, 11) is 0. The molecule has 0 aliphatic heterocycles. The standard InChI is InChI=1S/C50H38/c1-50(2,3)49-47(44-26-11-10-24-42(44)40-28-14-20-33-16-6-8-22-38(33)40)32-37-30-35-18-4-5-19-36(35)31-46(37)48(49)45-27-13-12-25-43(45)41-29-15-21-34-17-7-9-23-39(34)41/h4-32H,1-3H3. The van der Waals surface area contributed by atoms with E-state index in [0.29, 0.717) is 0 Å². The molecule has 0 saturated carbocycles. The summed E-state index contributed by atoms with van der Waals surface area (Å²) >= 11 is 0. The van der Waals surface area contributed by atoms with Crippen molar-refractivity contribution in [2.24, 2.45) is 0 Å². The van der Waals surface area contributed by atoms with E-state index in [2.05, 4.69) is 197 Å². The van der Waals surface area contributed by atoms with Gasteiger partial charge in [-0.2, -0.15) is 0 Å². The highest BCUT2D eigenvalue weighted by Gasteiger charge is 2.28. The lowest BCUT2D eigenvalue weighted by molar-refractivity contribution is 0.594. The van der Waals surface area contributed by atoms with Gasteiger partial charge in [0.05, 0.1) is 0 Å². The zero-order chi connectivity index (χ0) is 33.8. The van der Waals surface area contributed by atoms with Crippen LogP contribution in [0.15, 0.2) is 176 Å². The number of rotatable bonds is 4. The molecule has 0 radical (unpaired) electrons. The van der Waals surface area contributed by atoms with Crippen LogP contribution in [-0.4, -0.2) is 0 Å². The van der Waals surface area contributed by atoms with E-state index >= 15 is 0 Å². The quantitative estimate of drug-likeness (QED) is 0.168. The van der Waals surface area contributed by atoms with Crippen molar-refractivity contribution < 1.29 is 0 Å². The second kappa shape index (κ2) is 11.9. The highest BCUT2D eigenvalue weighted by molar-refractivity contribution is 6.13. The summed E-state index contributed by atoms with van der Waals surface area (Å²) in [6.07, 6.45) is 0. The Hall–Kier alpha value is -5.98. The predicted molar refractivity (Wildman–Crippen MR) is 217 cm³/mol. The third-order valence-corrected chi connectivity index (χ3v) is 10.3. The maximum absolute atomic E-state index is 2.47. The van der Waals surface area contributed by atoms with Crippen molar-refractivity contribution in [3.8, 4) is 44.5 Å². The van der Waals surface area contributed by atoms with Gasteiger partial charge in [-0.15, -0.1) is 0 Å². The van der Waals surface area contributed by atoms with E-state index in [-0.39, 0.29) is 5.41 Å². The molecule has 0 saturated heterocycles. The summed E-state index contributed by atoms with van der Waals surface area (Å²) in [6.45, 7) is 7.13. The second-order valence-corrected chi connectivity index (χ2v) is 14.5. The van der Waals surface area contributed by atoms with Crippen LogP contribution in [0.25, 0.3) is 87.6 Å². The average molecular weight is 639 g/mol. The molecule has 0 aliphatic carbocycles. The maximum atomic E-state index is 2.47. The molecule has 9 aromatic rings. The van der Waals surface area contributed by atoms with Gasteiger partial charge in [-0.1, -0.05) is 178 Å². The first-order valence-electron chi connectivity index (χ1n) is 17.6. The van der Waals surface area contributed by atoms with E-state index < -0.39 is 0 Å². The summed E-state index contributed by atoms with van der Waals surface area (Å²) in [5.41, 5.74) is 11.3. The van der Waals surface area contributed by atoms with Gasteiger partial charge in [0.15, 0.2) is 0 Å². The van der Waals surface area contributed by atoms with E-state index in [1.807, 2.05) is 0 Å². The van der Waals surface area contributed by atoms with E-state index in [1.54, 1.807) is 0 Å². The first-order chi connectivity index (χ1) is 24.5. The molecule has 0 amide bonds. The zero-order valence-corrected chi connectivity index (χ0v) is 28.7. The van der Waals surface area contributed by atoms with Crippen LogP contribution in [0.4, 0.5) is 0 Å². The monoisotopic (exact) mass is 638 g/mol. The Morgan fingerprint density at radius 1 is 0.280 bits per heavy atom. The molecule has 0 aromatic heterocycles. The summed E-state index contributed by atoms with van der Waals surface area (Å²) in [6, 6.07) is 65.0. The molecule has 0 unspecified atom stereocenters. The molecule has 9 rings (SSSR count). The van der Waals surface area contributed by atoms with Crippen molar-refractivity contribution in [1.29, 1.82) is 0 Å². The minimum atomic E-state index is -0.178. The van der Waals surface area contributed by atoms with Gasteiger partial charge >= 0.3 is 0 Å². The number of hydrogen-bond acceptors (Lipinski definition) is 0. The van der Waals surface area contributed by atoms with Crippen molar-refractivity contribution in [2.45, 2.75) is 26.2 Å². The molecule has 0 fully saturated rings. The highest BCUT2D eigenvalue weighted by atomic mass is 14.3. The van der Waals surface area contributed by atoms with Gasteiger partial charge in [0, 0.05) is 0 Å². The topological polar surface area (TPSA) is 0 Å². The fraction of sp³-hybridized carbons (Fsp3) is 0.0800. The molecule has 0 spiro atoms. The molecule has 0 heteroatoms. The average Bonchev–Trinajstić information content (AvgIpc) is 3.15. The van der Waals surface area contributed by atoms with E-state index in [1.165, 1.54) is 93.2 Å². The van der Waals surface area contributed by atoms with Crippen LogP contribution in [0.1, 0.15) is 26.3 Å². The van der Waals surface area contributed by atoms with Gasteiger partial charge < -0.3 is 0 Å². The Bertz CT molecular complexity index is 2730. The van der Waals surface area contributed by atoms with Crippen molar-refractivity contribution in [3.05, 3.63) is 181 Å². The summed E-state index contributed by atoms with van der Waals surface area (Å²) in [4.78, 5) is 0. The van der Waals surface area contributed by atoms with Crippen molar-refractivity contribution >= 4 is 43.1 Å². The van der Waals surface area contributed by atoms with Crippen LogP contribution in [0.3, 0.4) is 0 Å². The Kier molecular flexibility index (Phi) is 7.14. The number of fused-ring (bicyclic) bond motifs is 4. The predicted octanol–water partition coefficient (Wildman–Crippen LogP) is 14.3. The molecule has 0 N–H and O–H groups in total. The zero-order valence-electron chi connectivity index (χ0n) is 28.7. The van der Waals surface area contributed by atoms with Gasteiger partial charge in [-0.3, -0.25) is 0 Å². The van der Waals surface area contributed by atoms with Crippen LogP contribution in [-0.2, 0) is 5.41 Å². The van der Waals surface area contributed by atoms with Gasteiger partial charge in [-0.05, 0) is 117 Å². The second-order valence-electron chi connectivity index (χ2n) is 14.5. The molecule has 0 aliphatic rings. The largest absolute Gasteiger partial charge is 0.0616 e. The van der Waals surface area contributed by atoms with Crippen LogP contribution in [0.2, 0.25) is 0 Å². The minimum Gasteiger partial charge on any atom is -0.0616 e. The van der Waals surface area contributed by atoms with Crippen LogP contribution in [0.5, 0.6) is 0 Å². The number of hydrogen-bond donors (Lipinski definition) is 0. The van der Waals surface area contributed by atoms with E-state index in [9.17, 15) is 0 Å². The van der Waals surface area contributed by atoms with Crippen LogP contribution in [0, 0.1) is 0 Å². The fourth-order valence-corrected chi connectivity index (χ4v) is 8.17. The van der Waals surface area contributed by atoms with Gasteiger partial charge in [0.25, 0.3) is 0 Å². The number of benzene rings is 9. The van der Waals surface area contributed by atoms with Gasteiger partial charge in [0.1, 0.15) is 0 Å². The maximum Gasteiger partial charge on any atom is -0.00553 e. The molecule has 0 atom stereocenters. The van der Waals surface area contributed by atoms with E-state index in [0.717, 1.165) is 0 Å². The Morgan fingerprint density at radius 3 is 1.24 bits per heavy atom. The smallest absolute Gasteiger partial charge is 0.00553 e. The third kappa shape index (κ3) is 4.99. The highest BCUT2D eigenvalue weighted by Crippen LogP contribution is 2.50. The van der Waals surface area contributed by atoms with Gasteiger partial charge in [-0.25, -0.2) is 0 Å². The normalized spacial score (nSPS) is 11.9. The Labute approximate surface area is 294 Å². The lowest BCUT2D eigenvalue weighted by Crippen LogP contribution is -2.15. The minimum absolute atomic E-state index is 0.178. The lowest BCUT2D eigenvalue weighted by atomic mass is 9.73. The first-order valence-corrected chi connectivity index (χ1v) is 17.6. The molecular weight excluding hydrogens is 601 g/mol. The SMILES string of the molecule is CC(C)(C)c1c(-c2ccccc2-c2cccc3ccccc23)cc2cc3ccccc3cc2c1-c1ccccc1-c1cccc2ccccc12. The lowest BCUT2D eigenvalue weighted by Gasteiger charge is -2.30. The summed E-state index contributed by atoms with van der Waals surface area (Å²) < 4.78 is 0. The molecular formula is C50H38. The van der Waals surface area contributed by atoms with Crippen LogP contribution < -0.4 is 0 Å². The van der Waals surface area contributed by atoms with Crippen molar-refractivity contribution in [2.75, 3.05) is 0 Å². The van der Waals surface area contributed by atoms with Gasteiger partial charge in [0.2, 0.25) is 0 Å². The molecule has 0 nitrogen and oxygen atoms in total. The molecule has 0 heterocycles. The van der Waals surface area contributed by atoms with Crippen LogP contribution >= 0.6 is 0 Å². The van der Waals surface area contributed by atoms with Crippen molar-refractivity contribution in [1.82, 2.24) is 0 Å². The Morgan fingerprint density at radius 2 is 0.680 bits per heavy atom. The fourth-order valence-electron chi connectivity index (χ4n) is 8.17. The molecule has 0 bridgehead atoms. The molecule has 9 aromatic carbocycles. The molecule has 238 valence electrons. The van der Waals surface area contributed by atoms with Crippen molar-refractivity contribution in [3.63, 3.8) is 0 Å². The summed E-state index contributed by atoms with van der Waals surface area (Å²) in [5, 5.41) is 10.1. The summed E-state index contributed by atoms with van der Waals surface area (Å²) in [5.74, 6) is 0.